The van der Waals surface area contributed by atoms with E-state index in [4.69, 9.17) is 47.7 Å². The molecule has 0 saturated carbocycles. The summed E-state index contributed by atoms with van der Waals surface area (Å²) >= 11 is 12.6. The minimum atomic E-state index is -0.140. The first-order valence-corrected chi connectivity index (χ1v) is 13.2. The van der Waals surface area contributed by atoms with Crippen LogP contribution < -0.4 is 14.5 Å². The molecule has 0 spiro atoms. The van der Waals surface area contributed by atoms with Crippen LogP contribution in [0.25, 0.3) is 22.2 Å². The number of nitrogens with zero attached hydrogens (tertiary/aromatic N) is 4. The van der Waals surface area contributed by atoms with Gasteiger partial charge in [0.1, 0.15) is 0 Å². The van der Waals surface area contributed by atoms with E-state index in [1.165, 1.54) is 0 Å². The average Bonchev–Trinajstić information content (AvgIpc) is 3.42. The Morgan fingerprint density at radius 3 is 2.23 bits per heavy atom. The Morgan fingerprint density at radius 1 is 0.744 bits per heavy atom. The van der Waals surface area contributed by atoms with Gasteiger partial charge >= 0.3 is 0 Å². The Bertz CT molecular complexity index is 1690. The standard InChI is InChI=1S/C31H24Cl2N4O2/c1-38-28-15-10-21(16-29(28)39-2)26-18-27(19-8-11-22(32)12-9-19)37(36-26)31-34-25-14-13-23(33)17-24(25)30(35-31)20-6-4-3-5-7-20/h3-17,27H,18H2,1-2H3/t27-/m1/s1. The van der Waals surface area contributed by atoms with Crippen molar-refractivity contribution in [3.05, 3.63) is 112 Å². The summed E-state index contributed by atoms with van der Waals surface area (Å²) in [5.41, 5.74) is 5.43. The van der Waals surface area contributed by atoms with Crippen LogP contribution in [-0.2, 0) is 0 Å². The molecule has 39 heavy (non-hydrogen) atoms. The van der Waals surface area contributed by atoms with Gasteiger partial charge in [-0.15, -0.1) is 0 Å². The van der Waals surface area contributed by atoms with E-state index in [1.807, 2.05) is 96.0 Å². The van der Waals surface area contributed by atoms with Crippen molar-refractivity contribution in [2.75, 3.05) is 19.2 Å². The molecule has 6 rings (SSSR count). The lowest BCUT2D eigenvalue weighted by molar-refractivity contribution is 0.355. The predicted octanol–water partition coefficient (Wildman–Crippen LogP) is 7.98. The third-order valence-corrected chi connectivity index (χ3v) is 7.27. The van der Waals surface area contributed by atoms with Crippen LogP contribution in [-0.4, -0.2) is 29.9 Å². The van der Waals surface area contributed by atoms with E-state index < -0.39 is 0 Å². The quantitative estimate of drug-likeness (QED) is 0.213. The van der Waals surface area contributed by atoms with E-state index >= 15 is 0 Å². The lowest BCUT2D eigenvalue weighted by Gasteiger charge is -2.23. The van der Waals surface area contributed by atoms with Gasteiger partial charge in [0.25, 0.3) is 0 Å². The molecule has 1 aromatic heterocycles. The zero-order chi connectivity index (χ0) is 26.9. The fraction of sp³-hybridized carbons (Fsp3) is 0.129. The molecule has 8 heteroatoms. The van der Waals surface area contributed by atoms with E-state index in [2.05, 4.69) is 0 Å². The third-order valence-electron chi connectivity index (χ3n) is 6.78. The number of hydrogen-bond donors (Lipinski definition) is 0. The van der Waals surface area contributed by atoms with Crippen LogP contribution in [0.3, 0.4) is 0 Å². The predicted molar refractivity (Wildman–Crippen MR) is 157 cm³/mol. The SMILES string of the molecule is COc1ccc(C2=NN(c3nc(-c4ccccc4)c4cc(Cl)ccc4n3)[C@@H](c3ccc(Cl)cc3)C2)cc1OC. The summed E-state index contributed by atoms with van der Waals surface area (Å²) in [6, 6.07) is 29.2. The number of benzene rings is 4. The van der Waals surface area contributed by atoms with Crippen LogP contribution in [0.15, 0.2) is 96.1 Å². The number of ether oxygens (including phenoxy) is 2. The minimum Gasteiger partial charge on any atom is -0.493 e. The molecule has 6 nitrogen and oxygen atoms in total. The second-order valence-corrected chi connectivity index (χ2v) is 10.0. The van der Waals surface area contributed by atoms with Crippen molar-refractivity contribution in [2.45, 2.75) is 12.5 Å². The van der Waals surface area contributed by atoms with E-state index in [0.717, 1.165) is 39.0 Å². The van der Waals surface area contributed by atoms with Gasteiger partial charge in [0.2, 0.25) is 5.95 Å². The molecule has 0 radical (unpaired) electrons. The largest absolute Gasteiger partial charge is 0.493 e. The molecule has 2 heterocycles. The number of fused-ring (bicyclic) bond motifs is 1. The van der Waals surface area contributed by atoms with Gasteiger partial charge in [-0.3, -0.25) is 0 Å². The number of hydrogen-bond acceptors (Lipinski definition) is 6. The average molecular weight is 555 g/mol. The monoisotopic (exact) mass is 554 g/mol. The topological polar surface area (TPSA) is 59.8 Å². The van der Waals surface area contributed by atoms with Gasteiger partial charge in [-0.25, -0.2) is 15.0 Å². The number of methoxy groups -OCH3 is 2. The van der Waals surface area contributed by atoms with Gasteiger partial charge in [0, 0.05) is 33.0 Å². The van der Waals surface area contributed by atoms with Crippen LogP contribution in [0.2, 0.25) is 10.0 Å². The maximum Gasteiger partial charge on any atom is 0.247 e. The van der Waals surface area contributed by atoms with Gasteiger partial charge in [-0.05, 0) is 54.1 Å². The number of anilines is 1. The van der Waals surface area contributed by atoms with Crippen LogP contribution in [0.4, 0.5) is 5.95 Å². The van der Waals surface area contributed by atoms with E-state index in [9.17, 15) is 0 Å². The first-order chi connectivity index (χ1) is 19.0. The Labute approximate surface area is 236 Å². The highest BCUT2D eigenvalue weighted by Gasteiger charge is 2.32. The van der Waals surface area contributed by atoms with Crippen LogP contribution >= 0.6 is 23.2 Å². The second-order valence-electron chi connectivity index (χ2n) is 9.13. The lowest BCUT2D eigenvalue weighted by Crippen LogP contribution is -2.21. The summed E-state index contributed by atoms with van der Waals surface area (Å²) in [4.78, 5) is 10.0. The molecule has 1 atom stereocenters. The Morgan fingerprint density at radius 2 is 1.49 bits per heavy atom. The summed E-state index contributed by atoms with van der Waals surface area (Å²) in [7, 11) is 3.25. The molecule has 0 amide bonds. The molecule has 0 bridgehead atoms. The van der Waals surface area contributed by atoms with E-state index in [0.29, 0.717) is 33.9 Å². The summed E-state index contributed by atoms with van der Waals surface area (Å²) < 4.78 is 11.0. The second kappa shape index (κ2) is 10.6. The van der Waals surface area contributed by atoms with Crippen molar-refractivity contribution >= 4 is 45.8 Å². The number of rotatable bonds is 6. The zero-order valence-electron chi connectivity index (χ0n) is 21.3. The molecule has 5 aromatic rings. The van der Waals surface area contributed by atoms with Gasteiger partial charge in [0.05, 0.1) is 37.2 Å². The Balaban J connectivity index is 1.52. The van der Waals surface area contributed by atoms with Crippen molar-refractivity contribution in [1.82, 2.24) is 9.97 Å². The van der Waals surface area contributed by atoms with E-state index in [1.54, 1.807) is 14.2 Å². The summed E-state index contributed by atoms with van der Waals surface area (Å²) in [6.07, 6.45) is 0.639. The lowest BCUT2D eigenvalue weighted by atomic mass is 9.98. The normalized spacial score (nSPS) is 14.9. The van der Waals surface area contributed by atoms with Crippen molar-refractivity contribution in [3.63, 3.8) is 0 Å². The van der Waals surface area contributed by atoms with Gasteiger partial charge in [0.15, 0.2) is 11.5 Å². The van der Waals surface area contributed by atoms with Gasteiger partial charge < -0.3 is 9.47 Å². The maximum atomic E-state index is 6.38. The summed E-state index contributed by atoms with van der Waals surface area (Å²) in [5, 5.41) is 9.15. The number of aromatic nitrogens is 2. The van der Waals surface area contributed by atoms with Gasteiger partial charge in [-0.2, -0.15) is 5.10 Å². The first-order valence-electron chi connectivity index (χ1n) is 12.4. The smallest absolute Gasteiger partial charge is 0.247 e. The molecular weight excluding hydrogens is 531 g/mol. The molecule has 0 aliphatic carbocycles. The minimum absolute atomic E-state index is 0.140. The van der Waals surface area contributed by atoms with Crippen LogP contribution in [0, 0.1) is 0 Å². The molecule has 4 aromatic carbocycles. The fourth-order valence-electron chi connectivity index (χ4n) is 4.84. The summed E-state index contributed by atoms with van der Waals surface area (Å²) in [5.74, 6) is 1.80. The van der Waals surface area contributed by atoms with E-state index in [-0.39, 0.29) is 6.04 Å². The molecule has 1 aliphatic rings. The Kier molecular flexibility index (Phi) is 6.81. The van der Waals surface area contributed by atoms with Crippen molar-refractivity contribution < 1.29 is 9.47 Å². The molecule has 1 aliphatic heterocycles. The van der Waals surface area contributed by atoms with Crippen molar-refractivity contribution in [2.24, 2.45) is 5.10 Å². The van der Waals surface area contributed by atoms with Crippen molar-refractivity contribution in [1.29, 1.82) is 0 Å². The first kappa shape index (κ1) is 25.2. The van der Waals surface area contributed by atoms with Crippen molar-refractivity contribution in [3.8, 4) is 22.8 Å². The molecule has 0 N–H and O–H groups in total. The van der Waals surface area contributed by atoms with Crippen LogP contribution in [0.5, 0.6) is 11.5 Å². The summed E-state index contributed by atoms with van der Waals surface area (Å²) in [6.45, 7) is 0. The van der Waals surface area contributed by atoms with Crippen LogP contribution in [0.1, 0.15) is 23.6 Å². The third kappa shape index (κ3) is 4.89. The zero-order valence-corrected chi connectivity index (χ0v) is 22.8. The maximum absolute atomic E-state index is 6.38. The highest BCUT2D eigenvalue weighted by molar-refractivity contribution is 6.31. The highest BCUT2D eigenvalue weighted by Crippen LogP contribution is 2.39. The molecule has 194 valence electrons. The highest BCUT2D eigenvalue weighted by atomic mass is 35.5. The molecule has 0 saturated heterocycles. The Hall–Kier alpha value is -4.13. The molecular formula is C31H24Cl2N4O2. The number of hydrazone groups is 1. The molecule has 0 unspecified atom stereocenters. The van der Waals surface area contributed by atoms with Gasteiger partial charge in [-0.1, -0.05) is 65.7 Å². The fourth-order valence-corrected chi connectivity index (χ4v) is 5.13. The molecule has 0 fully saturated rings. The number of halogens is 2.